The topological polar surface area (TPSA) is 75.2 Å². The predicted octanol–water partition coefficient (Wildman–Crippen LogP) is 4.43. The standard InChI is InChI=1S/C23H24N4O2S/c1-15-5-9-17(10-6-15)23(29)27-13-3-4-18(14-27)21-25-26-22(30-21)20(28)24-19-11-7-16(2)8-12-19/h5-12,18H,3-4,13-14H2,1-2H3,(H,24,28)/t18-/m1/s1. The Bertz CT molecular complexity index is 1040. The Kier molecular flexibility index (Phi) is 5.90. The number of benzene rings is 2. The van der Waals surface area contributed by atoms with E-state index in [2.05, 4.69) is 15.5 Å². The molecule has 1 fully saturated rings. The highest BCUT2D eigenvalue weighted by atomic mass is 32.1. The lowest BCUT2D eigenvalue weighted by Gasteiger charge is -2.31. The van der Waals surface area contributed by atoms with Crippen molar-refractivity contribution in [2.24, 2.45) is 0 Å². The summed E-state index contributed by atoms with van der Waals surface area (Å²) in [6.45, 7) is 5.34. The van der Waals surface area contributed by atoms with Gasteiger partial charge in [-0.1, -0.05) is 46.7 Å². The van der Waals surface area contributed by atoms with Crippen LogP contribution in [-0.2, 0) is 0 Å². The van der Waals surface area contributed by atoms with E-state index in [4.69, 9.17) is 0 Å². The van der Waals surface area contributed by atoms with Crippen LogP contribution in [-0.4, -0.2) is 40.0 Å². The summed E-state index contributed by atoms with van der Waals surface area (Å²) in [5, 5.41) is 12.4. The molecule has 0 aliphatic carbocycles. The minimum absolute atomic E-state index is 0.0431. The molecule has 1 N–H and O–H groups in total. The van der Waals surface area contributed by atoms with Crippen LogP contribution in [0.5, 0.6) is 0 Å². The second-order valence-electron chi connectivity index (χ2n) is 7.72. The van der Waals surface area contributed by atoms with Gasteiger partial charge in [-0.25, -0.2) is 0 Å². The van der Waals surface area contributed by atoms with E-state index in [9.17, 15) is 9.59 Å². The summed E-state index contributed by atoms with van der Waals surface area (Å²) in [7, 11) is 0. The van der Waals surface area contributed by atoms with Crippen molar-refractivity contribution in [2.45, 2.75) is 32.6 Å². The van der Waals surface area contributed by atoms with Crippen molar-refractivity contribution in [3.05, 3.63) is 75.2 Å². The molecule has 1 aliphatic rings. The number of carbonyl (C=O) groups is 2. The van der Waals surface area contributed by atoms with Crippen LogP contribution in [0, 0.1) is 13.8 Å². The third kappa shape index (κ3) is 4.57. The molecule has 0 spiro atoms. The lowest BCUT2D eigenvalue weighted by molar-refractivity contribution is 0.0706. The minimum atomic E-state index is -0.258. The first kappa shape index (κ1) is 20.2. The van der Waals surface area contributed by atoms with Crippen molar-refractivity contribution in [3.8, 4) is 0 Å². The van der Waals surface area contributed by atoms with Gasteiger partial charge in [0.1, 0.15) is 5.01 Å². The minimum Gasteiger partial charge on any atom is -0.338 e. The van der Waals surface area contributed by atoms with Crippen LogP contribution in [0.25, 0.3) is 0 Å². The molecule has 1 aromatic heterocycles. The Hall–Kier alpha value is -3.06. The predicted molar refractivity (Wildman–Crippen MR) is 118 cm³/mol. The van der Waals surface area contributed by atoms with E-state index in [0.717, 1.165) is 41.2 Å². The molecule has 30 heavy (non-hydrogen) atoms. The Morgan fingerprint density at radius 1 is 1.00 bits per heavy atom. The molecule has 2 amide bonds. The maximum atomic E-state index is 12.9. The van der Waals surface area contributed by atoms with Gasteiger partial charge < -0.3 is 10.2 Å². The smallest absolute Gasteiger partial charge is 0.286 e. The summed E-state index contributed by atoms with van der Waals surface area (Å²) in [4.78, 5) is 27.3. The third-order valence-electron chi connectivity index (χ3n) is 5.30. The molecule has 0 radical (unpaired) electrons. The number of piperidine rings is 1. The Labute approximate surface area is 180 Å². The quantitative estimate of drug-likeness (QED) is 0.678. The second kappa shape index (κ2) is 8.75. The molecule has 0 unspecified atom stereocenters. The molecule has 1 atom stereocenters. The molecule has 0 bridgehead atoms. The maximum Gasteiger partial charge on any atom is 0.286 e. The normalized spacial score (nSPS) is 16.3. The average Bonchev–Trinajstić information content (AvgIpc) is 3.26. The molecule has 2 aromatic carbocycles. The number of amides is 2. The van der Waals surface area contributed by atoms with Crippen LogP contribution in [0.2, 0.25) is 0 Å². The average molecular weight is 421 g/mol. The first-order valence-electron chi connectivity index (χ1n) is 10.1. The monoisotopic (exact) mass is 420 g/mol. The van der Waals surface area contributed by atoms with Gasteiger partial charge in [0.05, 0.1) is 0 Å². The highest BCUT2D eigenvalue weighted by molar-refractivity contribution is 7.13. The lowest BCUT2D eigenvalue weighted by atomic mass is 9.98. The zero-order valence-electron chi connectivity index (χ0n) is 17.1. The molecular formula is C23H24N4O2S. The number of aryl methyl sites for hydroxylation is 2. The molecule has 4 rings (SSSR count). The Morgan fingerprint density at radius 2 is 1.67 bits per heavy atom. The van der Waals surface area contributed by atoms with Gasteiger partial charge in [0.15, 0.2) is 0 Å². The molecular weight excluding hydrogens is 396 g/mol. The van der Waals surface area contributed by atoms with Crippen molar-refractivity contribution in [2.75, 3.05) is 18.4 Å². The van der Waals surface area contributed by atoms with Gasteiger partial charge in [-0.05, 0) is 51.0 Å². The van der Waals surface area contributed by atoms with Gasteiger partial charge in [0.25, 0.3) is 11.8 Å². The van der Waals surface area contributed by atoms with E-state index in [-0.39, 0.29) is 17.7 Å². The number of likely N-dealkylation sites (tertiary alicyclic amines) is 1. The van der Waals surface area contributed by atoms with Gasteiger partial charge in [-0.3, -0.25) is 9.59 Å². The highest BCUT2D eigenvalue weighted by Crippen LogP contribution is 2.30. The van der Waals surface area contributed by atoms with E-state index in [1.807, 2.05) is 67.3 Å². The van der Waals surface area contributed by atoms with Crippen LogP contribution < -0.4 is 5.32 Å². The fraction of sp³-hybridized carbons (Fsp3) is 0.304. The number of rotatable bonds is 4. The third-order valence-corrected chi connectivity index (χ3v) is 6.39. The second-order valence-corrected chi connectivity index (χ2v) is 8.73. The van der Waals surface area contributed by atoms with Crippen molar-refractivity contribution in [3.63, 3.8) is 0 Å². The Balaban J connectivity index is 1.42. The van der Waals surface area contributed by atoms with Gasteiger partial charge in [-0.2, -0.15) is 0 Å². The fourth-order valence-corrected chi connectivity index (χ4v) is 4.42. The number of aromatic nitrogens is 2. The van der Waals surface area contributed by atoms with Crippen molar-refractivity contribution >= 4 is 28.8 Å². The fourth-order valence-electron chi connectivity index (χ4n) is 3.55. The Morgan fingerprint density at radius 3 is 2.37 bits per heavy atom. The summed E-state index contributed by atoms with van der Waals surface area (Å²) in [6, 6.07) is 15.3. The zero-order chi connectivity index (χ0) is 21.1. The number of anilines is 1. The van der Waals surface area contributed by atoms with Crippen LogP contribution in [0.4, 0.5) is 5.69 Å². The van der Waals surface area contributed by atoms with E-state index >= 15 is 0 Å². The summed E-state index contributed by atoms with van der Waals surface area (Å²) in [5.74, 6) is -0.112. The van der Waals surface area contributed by atoms with E-state index in [0.29, 0.717) is 17.1 Å². The molecule has 1 saturated heterocycles. The zero-order valence-corrected chi connectivity index (χ0v) is 17.9. The summed E-state index contributed by atoms with van der Waals surface area (Å²) in [6.07, 6.45) is 1.85. The lowest BCUT2D eigenvalue weighted by Crippen LogP contribution is -2.39. The van der Waals surface area contributed by atoms with Crippen LogP contribution in [0.3, 0.4) is 0 Å². The summed E-state index contributed by atoms with van der Waals surface area (Å²) < 4.78 is 0. The van der Waals surface area contributed by atoms with Gasteiger partial charge in [-0.15, -0.1) is 10.2 Å². The number of hydrogen-bond acceptors (Lipinski definition) is 5. The van der Waals surface area contributed by atoms with Gasteiger partial charge >= 0.3 is 0 Å². The van der Waals surface area contributed by atoms with Crippen molar-refractivity contribution in [1.29, 1.82) is 0 Å². The molecule has 6 nitrogen and oxygen atoms in total. The number of nitrogens with one attached hydrogen (secondary N) is 1. The number of carbonyl (C=O) groups excluding carboxylic acids is 2. The number of nitrogens with zero attached hydrogens (tertiary/aromatic N) is 3. The van der Waals surface area contributed by atoms with E-state index < -0.39 is 0 Å². The maximum absolute atomic E-state index is 12.9. The van der Waals surface area contributed by atoms with Crippen LogP contribution in [0.15, 0.2) is 48.5 Å². The molecule has 2 heterocycles. The van der Waals surface area contributed by atoms with Gasteiger partial charge in [0.2, 0.25) is 5.01 Å². The molecule has 7 heteroatoms. The van der Waals surface area contributed by atoms with Gasteiger partial charge in [0, 0.05) is 30.3 Å². The van der Waals surface area contributed by atoms with E-state index in [1.165, 1.54) is 11.3 Å². The first-order chi connectivity index (χ1) is 14.5. The molecule has 3 aromatic rings. The molecule has 1 aliphatic heterocycles. The highest BCUT2D eigenvalue weighted by Gasteiger charge is 2.28. The summed E-state index contributed by atoms with van der Waals surface area (Å²) in [5.41, 5.74) is 3.70. The largest absolute Gasteiger partial charge is 0.338 e. The van der Waals surface area contributed by atoms with Crippen molar-refractivity contribution < 1.29 is 9.59 Å². The van der Waals surface area contributed by atoms with Crippen LogP contribution in [0.1, 0.15) is 55.1 Å². The van der Waals surface area contributed by atoms with Crippen molar-refractivity contribution in [1.82, 2.24) is 15.1 Å². The SMILES string of the molecule is Cc1ccc(NC(=O)c2nnc([C@@H]3CCCN(C(=O)c4ccc(C)cc4)C3)s2)cc1. The van der Waals surface area contributed by atoms with Crippen LogP contribution >= 0.6 is 11.3 Å². The van der Waals surface area contributed by atoms with E-state index in [1.54, 1.807) is 0 Å². The number of hydrogen-bond donors (Lipinski definition) is 1. The first-order valence-corrected chi connectivity index (χ1v) is 10.9. The molecule has 154 valence electrons. The molecule has 0 saturated carbocycles. The summed E-state index contributed by atoms with van der Waals surface area (Å²) >= 11 is 1.31.